The number of amides is 2. The highest BCUT2D eigenvalue weighted by Gasteiger charge is 2.50. The third kappa shape index (κ3) is 14.8. The van der Waals surface area contributed by atoms with E-state index in [0.717, 1.165) is 42.0 Å². The van der Waals surface area contributed by atoms with Crippen molar-refractivity contribution in [2.24, 2.45) is 11.8 Å². The van der Waals surface area contributed by atoms with Crippen LogP contribution in [0.3, 0.4) is 0 Å². The first kappa shape index (κ1) is 53.1. The second-order valence-corrected chi connectivity index (χ2v) is 24.0. The summed E-state index contributed by atoms with van der Waals surface area (Å²) in [5.41, 5.74) is 2.56. The lowest BCUT2D eigenvalue weighted by Gasteiger charge is -2.29. The summed E-state index contributed by atoms with van der Waals surface area (Å²) in [5, 5.41) is 0. The number of hydrogen-bond donors (Lipinski definition) is 0. The van der Waals surface area contributed by atoms with Crippen molar-refractivity contribution in [2.45, 2.75) is 234 Å². The van der Waals surface area contributed by atoms with Crippen LogP contribution in [0.1, 0.15) is 245 Å². The summed E-state index contributed by atoms with van der Waals surface area (Å²) in [6.45, 7) is 23.7. The minimum atomic E-state index is -0.213. The highest BCUT2D eigenvalue weighted by Crippen LogP contribution is 2.50. The Hall–Kier alpha value is -2.90. The fraction of sp³-hybridized carbons (Fsp3) is 0.690. The summed E-state index contributed by atoms with van der Waals surface area (Å²) in [6, 6.07) is 13.0. The second-order valence-electron chi connectivity index (χ2n) is 21.8. The molecule has 0 bridgehead atoms. The van der Waals surface area contributed by atoms with Crippen LogP contribution in [0.4, 0.5) is 0 Å². The van der Waals surface area contributed by atoms with E-state index in [-0.39, 0.29) is 22.6 Å². The molecule has 2 unspecified atom stereocenters. The topological polar surface area (TPSA) is 53.8 Å². The predicted molar refractivity (Wildman–Crippen MR) is 281 cm³/mol. The third-order valence-electron chi connectivity index (χ3n) is 13.9. The van der Waals surface area contributed by atoms with Crippen molar-refractivity contribution in [2.75, 3.05) is 13.1 Å². The molecule has 5 nitrogen and oxygen atoms in total. The molecule has 2 aliphatic heterocycles. The van der Waals surface area contributed by atoms with Crippen LogP contribution in [0, 0.1) is 11.8 Å². The van der Waals surface area contributed by atoms with Crippen molar-refractivity contribution >= 4 is 45.9 Å². The molecule has 0 N–H and O–H groups in total. The molecule has 0 fully saturated rings. The number of carbonyl (C=O) groups excluding carboxylic acids is 2. The lowest BCUT2D eigenvalue weighted by Crippen LogP contribution is -2.34. The third-order valence-corrected chi connectivity index (χ3v) is 16.7. The van der Waals surface area contributed by atoms with Gasteiger partial charge < -0.3 is 14.2 Å². The molecule has 0 saturated heterocycles. The fourth-order valence-electron chi connectivity index (χ4n) is 9.91. The molecule has 2 aliphatic rings. The van der Waals surface area contributed by atoms with E-state index in [4.69, 9.17) is 4.42 Å². The normalized spacial score (nSPS) is 15.7. The number of rotatable bonds is 31. The van der Waals surface area contributed by atoms with E-state index in [1.54, 1.807) is 11.3 Å². The van der Waals surface area contributed by atoms with E-state index in [0.29, 0.717) is 47.5 Å². The summed E-state index contributed by atoms with van der Waals surface area (Å²) in [5.74, 6) is 2.21. The molecule has 0 spiro atoms. The summed E-state index contributed by atoms with van der Waals surface area (Å²) < 4.78 is 6.78. The van der Waals surface area contributed by atoms with Crippen LogP contribution in [0.25, 0.3) is 21.1 Å². The maximum Gasteiger partial charge on any atom is 0.261 e. The van der Waals surface area contributed by atoms with Crippen molar-refractivity contribution in [3.8, 4) is 9.75 Å². The van der Waals surface area contributed by atoms with Gasteiger partial charge in [-0.1, -0.05) is 198 Å². The summed E-state index contributed by atoms with van der Waals surface area (Å²) >= 11 is 3.60. The van der Waals surface area contributed by atoms with Crippen LogP contribution in [0.15, 0.2) is 52.0 Å². The fourth-order valence-corrected chi connectivity index (χ4v) is 12.1. The zero-order chi connectivity index (χ0) is 47.0. The zero-order valence-corrected chi connectivity index (χ0v) is 44.6. The minimum Gasteiger partial charge on any atom is -0.459 e. The van der Waals surface area contributed by atoms with Crippen LogP contribution >= 0.6 is 22.7 Å². The molecule has 362 valence electrons. The number of thiophene rings is 2. The lowest BCUT2D eigenvalue weighted by molar-refractivity contribution is -0.124. The molecule has 7 heteroatoms. The number of carbonyl (C=O) groups is 2. The molecule has 3 aromatic heterocycles. The molecule has 2 amide bonds. The van der Waals surface area contributed by atoms with Gasteiger partial charge in [0.15, 0.2) is 5.76 Å². The first-order valence-electron chi connectivity index (χ1n) is 26.7. The van der Waals surface area contributed by atoms with Gasteiger partial charge in [0.1, 0.15) is 11.5 Å². The Morgan fingerprint density at radius 3 is 1.31 bits per heavy atom. The SMILES string of the molecule is CCCCCCCCC(CCCCCC)CN1C(=O)C2=C(c3ccc(-c4ccc(C(C)(C)C)s4)s3)N(CC(CCCCCC)CCCCCCCC)C(=O)C2=C1c1ccc(C(C)(C)C)o1. The quantitative estimate of drug-likeness (QED) is 0.0604. The van der Waals surface area contributed by atoms with E-state index in [2.05, 4.69) is 104 Å². The summed E-state index contributed by atoms with van der Waals surface area (Å²) in [7, 11) is 0. The molecule has 2 atom stereocenters. The van der Waals surface area contributed by atoms with Gasteiger partial charge in [0.2, 0.25) is 0 Å². The van der Waals surface area contributed by atoms with E-state index >= 15 is 9.59 Å². The zero-order valence-electron chi connectivity index (χ0n) is 42.9. The van der Waals surface area contributed by atoms with E-state index in [9.17, 15) is 0 Å². The van der Waals surface area contributed by atoms with Crippen molar-refractivity contribution in [1.29, 1.82) is 0 Å². The van der Waals surface area contributed by atoms with Gasteiger partial charge in [0, 0.05) is 33.1 Å². The standard InChI is InChI=1S/C58H90N2O3S2/c1-11-15-19-23-25-29-33-43(31-27-21-17-13-3)41-59-53(45-35-39-49(63-45)57(5,6)7)51-52(56(59)62)54(48-37-36-46(64-48)47-38-40-50(65-47)58(8,9)10)60(55(51)61)42-44(32-28-22-18-14-4)34-30-26-24-20-16-12-2/h35-40,43-44H,11-34,41-42H2,1-10H3. The van der Waals surface area contributed by atoms with E-state index < -0.39 is 0 Å². The Morgan fingerprint density at radius 1 is 0.462 bits per heavy atom. The van der Waals surface area contributed by atoms with Crippen molar-refractivity contribution in [3.63, 3.8) is 0 Å². The molecule has 0 aromatic carbocycles. The Balaban J connectivity index is 1.61. The summed E-state index contributed by atoms with van der Waals surface area (Å²) in [4.78, 5) is 40.2. The lowest BCUT2D eigenvalue weighted by atomic mass is 9.93. The van der Waals surface area contributed by atoms with Gasteiger partial charge in [-0.2, -0.15) is 0 Å². The van der Waals surface area contributed by atoms with Gasteiger partial charge in [-0.05, 0) is 79.3 Å². The van der Waals surface area contributed by atoms with Crippen LogP contribution < -0.4 is 0 Å². The van der Waals surface area contributed by atoms with Crippen LogP contribution in [-0.4, -0.2) is 34.7 Å². The van der Waals surface area contributed by atoms with E-state index in [1.807, 2.05) is 22.3 Å². The van der Waals surface area contributed by atoms with Gasteiger partial charge in [-0.3, -0.25) is 9.59 Å². The van der Waals surface area contributed by atoms with Gasteiger partial charge in [0.05, 0.1) is 21.7 Å². The average Bonchev–Trinajstić information content (AvgIpc) is 4.12. The van der Waals surface area contributed by atoms with Gasteiger partial charge in [-0.25, -0.2) is 0 Å². The number of fused-ring (bicyclic) bond motifs is 1. The van der Waals surface area contributed by atoms with Crippen molar-refractivity contribution < 1.29 is 14.0 Å². The molecular formula is C58H90N2O3S2. The van der Waals surface area contributed by atoms with Gasteiger partial charge >= 0.3 is 0 Å². The maximum absolute atomic E-state index is 15.6. The Kier molecular flexibility index (Phi) is 21.2. The second kappa shape index (κ2) is 26.0. The number of nitrogens with zero attached hydrogens (tertiary/aromatic N) is 2. The molecule has 0 radical (unpaired) electrons. The molecule has 0 saturated carbocycles. The first-order chi connectivity index (χ1) is 31.2. The predicted octanol–water partition coefficient (Wildman–Crippen LogP) is 18.1. The smallest absolute Gasteiger partial charge is 0.261 e. The highest BCUT2D eigenvalue weighted by atomic mass is 32.1. The van der Waals surface area contributed by atoms with Crippen molar-refractivity contribution in [1.82, 2.24) is 9.80 Å². The number of unbranched alkanes of at least 4 members (excludes halogenated alkanes) is 16. The first-order valence-corrected chi connectivity index (χ1v) is 28.3. The Bertz CT molecular complexity index is 1980. The largest absolute Gasteiger partial charge is 0.459 e. The van der Waals surface area contributed by atoms with Crippen LogP contribution in [0.5, 0.6) is 0 Å². The van der Waals surface area contributed by atoms with Crippen LogP contribution in [0.2, 0.25) is 0 Å². The van der Waals surface area contributed by atoms with Gasteiger partial charge in [-0.15, -0.1) is 22.7 Å². The number of furan rings is 1. The average molecular weight is 928 g/mol. The molecule has 3 aromatic rings. The monoisotopic (exact) mass is 927 g/mol. The van der Waals surface area contributed by atoms with Gasteiger partial charge in [0.25, 0.3) is 11.8 Å². The molecule has 5 rings (SSSR count). The van der Waals surface area contributed by atoms with E-state index in [1.165, 1.54) is 143 Å². The molecule has 0 aliphatic carbocycles. The molecule has 5 heterocycles. The number of hydrogen-bond acceptors (Lipinski definition) is 5. The maximum atomic E-state index is 15.6. The Labute approximate surface area is 405 Å². The van der Waals surface area contributed by atoms with Crippen LogP contribution in [-0.2, 0) is 20.4 Å². The highest BCUT2D eigenvalue weighted by molar-refractivity contribution is 7.22. The molecular weight excluding hydrogens is 837 g/mol. The Morgan fingerprint density at radius 2 is 0.862 bits per heavy atom. The minimum absolute atomic E-state index is 0.0208. The van der Waals surface area contributed by atoms with Crippen molar-refractivity contribution in [3.05, 3.63) is 68.8 Å². The molecule has 65 heavy (non-hydrogen) atoms. The summed E-state index contributed by atoms with van der Waals surface area (Å²) in [6.07, 6.45) is 29.3.